The van der Waals surface area contributed by atoms with E-state index in [1.807, 2.05) is 0 Å². The Hall–Kier alpha value is -1.17. The molecule has 5 heteroatoms. The SMILES string of the molecule is CCCN1CCOC(C(O)c2cccnc2N)C1. The predicted octanol–water partition coefficient (Wildman–Crippen LogP) is 0.808. The molecule has 5 nitrogen and oxygen atoms in total. The summed E-state index contributed by atoms with van der Waals surface area (Å²) in [6.07, 6.45) is 1.80. The van der Waals surface area contributed by atoms with Crippen LogP contribution in [0.25, 0.3) is 0 Å². The molecule has 0 spiro atoms. The lowest BCUT2D eigenvalue weighted by atomic mass is 10.0. The molecule has 0 amide bonds. The Kier molecular flexibility index (Phi) is 4.52. The van der Waals surface area contributed by atoms with Gasteiger partial charge in [0.2, 0.25) is 0 Å². The molecule has 1 saturated heterocycles. The van der Waals surface area contributed by atoms with Gasteiger partial charge < -0.3 is 15.6 Å². The Morgan fingerprint density at radius 3 is 3.22 bits per heavy atom. The molecule has 0 aromatic carbocycles. The average molecular weight is 251 g/mol. The number of pyridine rings is 1. The zero-order chi connectivity index (χ0) is 13.0. The van der Waals surface area contributed by atoms with E-state index >= 15 is 0 Å². The van der Waals surface area contributed by atoms with E-state index in [0.717, 1.165) is 26.1 Å². The fourth-order valence-electron chi connectivity index (χ4n) is 2.32. The smallest absolute Gasteiger partial charge is 0.129 e. The number of nitrogens with zero attached hydrogens (tertiary/aromatic N) is 2. The molecule has 1 aromatic heterocycles. The monoisotopic (exact) mass is 251 g/mol. The van der Waals surface area contributed by atoms with Crippen LogP contribution >= 0.6 is 0 Å². The second kappa shape index (κ2) is 6.13. The molecule has 1 fully saturated rings. The van der Waals surface area contributed by atoms with E-state index in [9.17, 15) is 5.11 Å². The summed E-state index contributed by atoms with van der Waals surface area (Å²) < 4.78 is 5.65. The molecule has 2 unspecified atom stereocenters. The van der Waals surface area contributed by atoms with E-state index in [2.05, 4.69) is 16.8 Å². The normalized spacial score (nSPS) is 22.9. The first-order chi connectivity index (χ1) is 8.72. The number of ether oxygens (including phenoxy) is 1. The van der Waals surface area contributed by atoms with Crippen molar-refractivity contribution in [3.63, 3.8) is 0 Å². The number of aliphatic hydroxyl groups excluding tert-OH is 1. The van der Waals surface area contributed by atoms with E-state index in [0.29, 0.717) is 18.0 Å². The van der Waals surface area contributed by atoms with Crippen LogP contribution in [0.3, 0.4) is 0 Å². The summed E-state index contributed by atoms with van der Waals surface area (Å²) in [6.45, 7) is 5.51. The van der Waals surface area contributed by atoms with Crippen LogP contribution in [0.2, 0.25) is 0 Å². The minimum atomic E-state index is -0.710. The van der Waals surface area contributed by atoms with Crippen molar-refractivity contribution in [2.45, 2.75) is 25.6 Å². The van der Waals surface area contributed by atoms with E-state index in [-0.39, 0.29) is 6.10 Å². The maximum absolute atomic E-state index is 10.3. The van der Waals surface area contributed by atoms with Gasteiger partial charge in [0, 0.05) is 24.8 Å². The van der Waals surface area contributed by atoms with Crippen molar-refractivity contribution >= 4 is 5.82 Å². The number of nitrogen functional groups attached to an aromatic ring is 1. The van der Waals surface area contributed by atoms with Gasteiger partial charge in [0.1, 0.15) is 18.0 Å². The van der Waals surface area contributed by atoms with Gasteiger partial charge in [-0.25, -0.2) is 4.98 Å². The maximum Gasteiger partial charge on any atom is 0.129 e. The number of anilines is 1. The lowest BCUT2D eigenvalue weighted by molar-refractivity contribution is -0.0897. The Morgan fingerprint density at radius 2 is 2.50 bits per heavy atom. The van der Waals surface area contributed by atoms with E-state index in [1.54, 1.807) is 18.3 Å². The Labute approximate surface area is 108 Å². The largest absolute Gasteiger partial charge is 0.385 e. The van der Waals surface area contributed by atoms with Gasteiger partial charge in [-0.1, -0.05) is 13.0 Å². The van der Waals surface area contributed by atoms with Crippen LogP contribution in [0, 0.1) is 0 Å². The molecule has 18 heavy (non-hydrogen) atoms. The number of hydrogen-bond donors (Lipinski definition) is 2. The fourth-order valence-corrected chi connectivity index (χ4v) is 2.32. The molecular weight excluding hydrogens is 230 g/mol. The molecule has 1 aromatic rings. The van der Waals surface area contributed by atoms with Crippen LogP contribution in [0.5, 0.6) is 0 Å². The molecule has 1 aliphatic rings. The zero-order valence-electron chi connectivity index (χ0n) is 10.7. The van der Waals surface area contributed by atoms with Crippen molar-refractivity contribution in [2.24, 2.45) is 0 Å². The van der Waals surface area contributed by atoms with Crippen molar-refractivity contribution in [1.82, 2.24) is 9.88 Å². The molecule has 0 aliphatic carbocycles. The molecule has 2 atom stereocenters. The molecule has 1 aliphatic heterocycles. The number of aromatic nitrogens is 1. The highest BCUT2D eigenvalue weighted by Crippen LogP contribution is 2.25. The van der Waals surface area contributed by atoms with Crippen LogP contribution < -0.4 is 5.73 Å². The van der Waals surface area contributed by atoms with Gasteiger partial charge >= 0.3 is 0 Å². The van der Waals surface area contributed by atoms with Crippen molar-refractivity contribution in [1.29, 1.82) is 0 Å². The van der Waals surface area contributed by atoms with Gasteiger partial charge in [0.05, 0.1) is 6.61 Å². The topological polar surface area (TPSA) is 71.6 Å². The quantitative estimate of drug-likeness (QED) is 0.828. The summed E-state index contributed by atoms with van der Waals surface area (Å²) in [6, 6.07) is 3.58. The Bertz CT molecular complexity index is 384. The molecular formula is C13H21N3O2. The van der Waals surface area contributed by atoms with Gasteiger partial charge in [-0.2, -0.15) is 0 Å². The van der Waals surface area contributed by atoms with Crippen molar-refractivity contribution in [3.05, 3.63) is 23.9 Å². The third-order valence-electron chi connectivity index (χ3n) is 3.26. The summed E-state index contributed by atoms with van der Waals surface area (Å²) in [5.41, 5.74) is 6.43. The Balaban J connectivity index is 2.04. The highest BCUT2D eigenvalue weighted by atomic mass is 16.5. The third-order valence-corrected chi connectivity index (χ3v) is 3.26. The summed E-state index contributed by atoms with van der Waals surface area (Å²) >= 11 is 0. The first-order valence-electron chi connectivity index (χ1n) is 6.44. The van der Waals surface area contributed by atoms with Crippen LogP contribution in [-0.2, 0) is 4.74 Å². The highest BCUT2D eigenvalue weighted by molar-refractivity contribution is 5.40. The molecule has 2 rings (SSSR count). The van der Waals surface area contributed by atoms with Crippen molar-refractivity contribution < 1.29 is 9.84 Å². The van der Waals surface area contributed by atoms with Crippen molar-refractivity contribution in [3.8, 4) is 0 Å². The molecule has 0 bridgehead atoms. The lowest BCUT2D eigenvalue weighted by Gasteiger charge is -2.35. The number of nitrogens with two attached hydrogens (primary N) is 1. The van der Waals surface area contributed by atoms with E-state index < -0.39 is 6.10 Å². The maximum atomic E-state index is 10.3. The second-order valence-electron chi connectivity index (χ2n) is 4.63. The number of morpholine rings is 1. The van der Waals surface area contributed by atoms with E-state index in [1.165, 1.54) is 0 Å². The van der Waals surface area contributed by atoms with Gasteiger partial charge in [-0.05, 0) is 19.0 Å². The lowest BCUT2D eigenvalue weighted by Crippen LogP contribution is -2.45. The standard InChI is InChI=1S/C13H21N3O2/c1-2-6-16-7-8-18-11(9-16)12(17)10-4-3-5-15-13(10)14/h3-5,11-12,17H,2,6-9H2,1H3,(H2,14,15). The molecule has 100 valence electrons. The van der Waals surface area contributed by atoms with E-state index in [4.69, 9.17) is 10.5 Å². The first kappa shape index (κ1) is 13.3. The summed E-state index contributed by atoms with van der Waals surface area (Å²) in [4.78, 5) is 6.31. The number of hydrogen-bond acceptors (Lipinski definition) is 5. The molecule has 2 heterocycles. The van der Waals surface area contributed by atoms with Crippen LogP contribution in [0.15, 0.2) is 18.3 Å². The average Bonchev–Trinajstić information content (AvgIpc) is 2.39. The second-order valence-corrected chi connectivity index (χ2v) is 4.63. The molecule has 0 saturated carbocycles. The summed E-state index contributed by atoms with van der Waals surface area (Å²) in [7, 11) is 0. The van der Waals surface area contributed by atoms with Gasteiger partial charge in [-0.15, -0.1) is 0 Å². The number of rotatable bonds is 4. The molecule has 0 radical (unpaired) electrons. The van der Waals surface area contributed by atoms with Crippen LogP contribution in [-0.4, -0.2) is 47.3 Å². The zero-order valence-corrected chi connectivity index (χ0v) is 10.7. The summed E-state index contributed by atoms with van der Waals surface area (Å²) in [5.74, 6) is 0.376. The van der Waals surface area contributed by atoms with Crippen molar-refractivity contribution in [2.75, 3.05) is 32.0 Å². The minimum Gasteiger partial charge on any atom is -0.385 e. The molecule has 3 N–H and O–H groups in total. The van der Waals surface area contributed by atoms with Gasteiger partial charge in [0.25, 0.3) is 0 Å². The Morgan fingerprint density at radius 1 is 1.67 bits per heavy atom. The fraction of sp³-hybridized carbons (Fsp3) is 0.615. The minimum absolute atomic E-state index is 0.225. The van der Waals surface area contributed by atoms with Gasteiger partial charge in [0.15, 0.2) is 0 Å². The first-order valence-corrected chi connectivity index (χ1v) is 6.44. The van der Waals surface area contributed by atoms with Crippen LogP contribution in [0.1, 0.15) is 25.0 Å². The summed E-state index contributed by atoms with van der Waals surface area (Å²) in [5, 5.41) is 10.3. The predicted molar refractivity (Wildman–Crippen MR) is 70.1 cm³/mol. The van der Waals surface area contributed by atoms with Gasteiger partial charge in [-0.3, -0.25) is 4.90 Å². The van der Waals surface area contributed by atoms with Crippen LogP contribution in [0.4, 0.5) is 5.82 Å². The highest BCUT2D eigenvalue weighted by Gasteiger charge is 2.28. The number of aliphatic hydroxyl groups is 1. The third kappa shape index (κ3) is 2.98.